The van der Waals surface area contributed by atoms with E-state index in [1.165, 1.54) is 0 Å². The second-order valence-corrected chi connectivity index (χ2v) is 8.18. The molecule has 0 amide bonds. The van der Waals surface area contributed by atoms with Crippen molar-refractivity contribution >= 4 is 0 Å². The minimum atomic E-state index is -1.84. The van der Waals surface area contributed by atoms with E-state index < -0.39 is 11.2 Å². The summed E-state index contributed by atoms with van der Waals surface area (Å²) in [6.07, 6.45) is -0.0993. The van der Waals surface area contributed by atoms with Crippen molar-refractivity contribution in [2.24, 2.45) is 0 Å². The lowest BCUT2D eigenvalue weighted by molar-refractivity contribution is -0.114. The second-order valence-electron chi connectivity index (χ2n) is 8.18. The van der Waals surface area contributed by atoms with Crippen LogP contribution in [0.25, 0.3) is 0 Å². The quantitative estimate of drug-likeness (QED) is 0.403. The van der Waals surface area contributed by atoms with Crippen LogP contribution in [0.1, 0.15) is 36.1 Å². The lowest BCUT2D eigenvalue weighted by atomic mass is 9.66. The highest BCUT2D eigenvalue weighted by Crippen LogP contribution is 2.51. The Bertz CT molecular complexity index is 1100. The third-order valence-corrected chi connectivity index (χ3v) is 5.74. The Morgan fingerprint density at radius 3 is 1.34 bits per heavy atom. The van der Waals surface area contributed by atoms with Gasteiger partial charge in [-0.1, -0.05) is 109 Å². The van der Waals surface area contributed by atoms with Gasteiger partial charge < -0.3 is 14.9 Å². The van der Waals surface area contributed by atoms with Crippen LogP contribution in [0.5, 0.6) is 5.75 Å². The summed E-state index contributed by atoms with van der Waals surface area (Å²) in [4.78, 5) is 0. The Kier molecular flexibility index (Phi) is 6.13. The molecule has 3 heteroatoms. The molecule has 32 heavy (non-hydrogen) atoms. The largest absolute Gasteiger partial charge is 0.491 e. The Hall–Kier alpha value is -3.40. The summed E-state index contributed by atoms with van der Waals surface area (Å²) in [5, 5.41) is 25.4. The number of hydrogen-bond donors (Lipinski definition) is 2. The van der Waals surface area contributed by atoms with Crippen molar-refractivity contribution in [3.63, 3.8) is 0 Å². The minimum Gasteiger partial charge on any atom is -0.491 e. The number of benzene rings is 4. The van der Waals surface area contributed by atoms with Crippen molar-refractivity contribution in [2.45, 2.75) is 31.2 Å². The van der Waals surface area contributed by atoms with Gasteiger partial charge >= 0.3 is 0 Å². The van der Waals surface area contributed by atoms with Gasteiger partial charge in [-0.05, 0) is 36.6 Å². The first-order valence-corrected chi connectivity index (χ1v) is 10.9. The Labute approximate surface area is 189 Å². The van der Waals surface area contributed by atoms with Crippen LogP contribution in [0, 0.1) is 0 Å². The first kappa shape index (κ1) is 21.8. The molecule has 4 aromatic carbocycles. The van der Waals surface area contributed by atoms with Crippen molar-refractivity contribution in [2.75, 3.05) is 0 Å². The number of hydrogen-bond acceptors (Lipinski definition) is 3. The molecule has 0 aromatic heterocycles. The van der Waals surface area contributed by atoms with Crippen LogP contribution in [0.4, 0.5) is 0 Å². The fraction of sp³-hybridized carbons (Fsp3) is 0.172. The molecule has 4 rings (SSSR count). The fourth-order valence-corrected chi connectivity index (χ4v) is 4.30. The summed E-state index contributed by atoms with van der Waals surface area (Å²) in [6, 6.07) is 35.3. The van der Waals surface area contributed by atoms with E-state index in [1.54, 1.807) is 0 Å². The molecule has 162 valence electrons. The Morgan fingerprint density at radius 1 is 0.531 bits per heavy atom. The molecule has 0 saturated carbocycles. The number of para-hydroxylation sites is 1. The van der Waals surface area contributed by atoms with Crippen molar-refractivity contribution < 1.29 is 14.9 Å². The Balaban J connectivity index is 2.11. The van der Waals surface area contributed by atoms with E-state index in [4.69, 9.17) is 4.74 Å². The summed E-state index contributed by atoms with van der Waals surface area (Å²) < 4.78 is 6.11. The molecule has 0 fully saturated rings. The molecule has 0 aliphatic heterocycles. The highest BCUT2D eigenvalue weighted by Gasteiger charge is 2.55. The zero-order valence-electron chi connectivity index (χ0n) is 18.3. The molecular formula is C29H28O3. The fourth-order valence-electron chi connectivity index (χ4n) is 4.30. The normalized spacial score (nSPS) is 13.5. The lowest BCUT2D eigenvalue weighted by Crippen LogP contribution is -2.51. The lowest BCUT2D eigenvalue weighted by Gasteiger charge is -2.45. The summed E-state index contributed by atoms with van der Waals surface area (Å²) in [7, 11) is 0. The van der Waals surface area contributed by atoms with Crippen LogP contribution < -0.4 is 4.74 Å². The van der Waals surface area contributed by atoms with Gasteiger partial charge in [0.15, 0.2) is 11.2 Å². The average molecular weight is 425 g/mol. The van der Waals surface area contributed by atoms with Crippen molar-refractivity contribution in [3.8, 4) is 5.75 Å². The van der Waals surface area contributed by atoms with Gasteiger partial charge in [0.05, 0.1) is 6.10 Å². The molecule has 3 nitrogen and oxygen atoms in total. The molecule has 2 N–H and O–H groups in total. The van der Waals surface area contributed by atoms with E-state index in [1.807, 2.05) is 129 Å². The first-order valence-electron chi connectivity index (χ1n) is 10.9. The Morgan fingerprint density at radius 2 is 0.906 bits per heavy atom. The predicted octanol–water partition coefficient (Wildman–Crippen LogP) is 5.65. The maximum atomic E-state index is 12.7. The van der Waals surface area contributed by atoms with E-state index in [0.29, 0.717) is 28.0 Å². The molecule has 0 radical (unpaired) electrons. The summed E-state index contributed by atoms with van der Waals surface area (Å²) in [6.45, 7) is 3.89. The van der Waals surface area contributed by atoms with E-state index >= 15 is 0 Å². The predicted molar refractivity (Wildman–Crippen MR) is 128 cm³/mol. The molecular weight excluding hydrogens is 396 g/mol. The SMILES string of the molecule is CC(C)Oc1ccccc1C(O)(c1ccccc1)C(O)(c1ccccc1)c1ccccc1. The van der Waals surface area contributed by atoms with E-state index in [2.05, 4.69) is 0 Å². The third-order valence-electron chi connectivity index (χ3n) is 5.74. The highest BCUT2D eigenvalue weighted by atomic mass is 16.5. The van der Waals surface area contributed by atoms with E-state index in [-0.39, 0.29) is 6.10 Å². The maximum absolute atomic E-state index is 12.7. The van der Waals surface area contributed by atoms with E-state index in [0.717, 1.165) is 0 Å². The minimum absolute atomic E-state index is 0.0993. The van der Waals surface area contributed by atoms with Gasteiger partial charge in [0, 0.05) is 5.56 Å². The molecule has 0 aliphatic rings. The van der Waals surface area contributed by atoms with Crippen LogP contribution in [0.3, 0.4) is 0 Å². The average Bonchev–Trinajstić information content (AvgIpc) is 2.84. The number of aliphatic hydroxyl groups is 2. The molecule has 0 saturated heterocycles. The van der Waals surface area contributed by atoms with Crippen molar-refractivity contribution in [1.82, 2.24) is 0 Å². The van der Waals surface area contributed by atoms with Crippen LogP contribution in [-0.4, -0.2) is 16.3 Å². The van der Waals surface area contributed by atoms with Crippen molar-refractivity contribution in [1.29, 1.82) is 0 Å². The van der Waals surface area contributed by atoms with Gasteiger partial charge in [0.2, 0.25) is 0 Å². The van der Waals surface area contributed by atoms with Crippen LogP contribution in [0.15, 0.2) is 115 Å². The van der Waals surface area contributed by atoms with Gasteiger partial charge in [0.1, 0.15) is 5.75 Å². The molecule has 0 aliphatic carbocycles. The molecule has 0 bridgehead atoms. The van der Waals surface area contributed by atoms with Gasteiger partial charge in [0.25, 0.3) is 0 Å². The van der Waals surface area contributed by atoms with Gasteiger partial charge in [-0.25, -0.2) is 0 Å². The van der Waals surface area contributed by atoms with Gasteiger partial charge in [-0.2, -0.15) is 0 Å². The van der Waals surface area contributed by atoms with Gasteiger partial charge in [-0.3, -0.25) is 0 Å². The molecule has 0 heterocycles. The third kappa shape index (κ3) is 3.70. The molecule has 1 unspecified atom stereocenters. The number of ether oxygens (including phenoxy) is 1. The number of rotatable bonds is 7. The summed E-state index contributed by atoms with van der Waals surface area (Å²) in [5.41, 5.74) is -1.42. The summed E-state index contributed by atoms with van der Waals surface area (Å²) >= 11 is 0. The molecule has 4 aromatic rings. The topological polar surface area (TPSA) is 49.7 Å². The van der Waals surface area contributed by atoms with Crippen LogP contribution in [-0.2, 0) is 11.2 Å². The molecule has 1 atom stereocenters. The van der Waals surface area contributed by atoms with Crippen LogP contribution in [0.2, 0.25) is 0 Å². The van der Waals surface area contributed by atoms with Crippen molar-refractivity contribution in [3.05, 3.63) is 138 Å². The van der Waals surface area contributed by atoms with E-state index in [9.17, 15) is 10.2 Å². The maximum Gasteiger partial charge on any atom is 0.155 e. The zero-order valence-corrected chi connectivity index (χ0v) is 18.3. The zero-order chi connectivity index (χ0) is 22.6. The van der Waals surface area contributed by atoms with Gasteiger partial charge in [-0.15, -0.1) is 0 Å². The standard InChI is InChI=1S/C29H28O3/c1-22(2)32-27-21-13-12-20-26(27)29(31,25-18-10-5-11-19-25)28(30,23-14-6-3-7-15-23)24-16-8-4-9-17-24/h3-22,30-31H,1-2H3. The second kappa shape index (κ2) is 8.99. The van der Waals surface area contributed by atoms with Crippen LogP contribution >= 0.6 is 0 Å². The monoisotopic (exact) mass is 424 g/mol. The smallest absolute Gasteiger partial charge is 0.155 e. The molecule has 0 spiro atoms. The first-order chi connectivity index (χ1) is 15.5. The highest BCUT2D eigenvalue weighted by molar-refractivity contribution is 5.54. The summed E-state index contributed by atoms with van der Waals surface area (Å²) in [5.74, 6) is 0.527.